The van der Waals surface area contributed by atoms with Gasteiger partial charge in [-0.1, -0.05) is 24.6 Å². The number of hydrogen-bond donors (Lipinski definition) is 1. The third kappa shape index (κ3) is 4.10. The molecule has 1 aromatic carbocycles. The van der Waals surface area contributed by atoms with Crippen LogP contribution in [0.3, 0.4) is 0 Å². The fraction of sp³-hybridized carbons (Fsp3) is 0.500. The Labute approximate surface area is 96.6 Å². The second kappa shape index (κ2) is 6.70. The molecule has 0 aliphatic carbocycles. The normalized spacial score (nSPS) is 10.3. The summed E-state index contributed by atoms with van der Waals surface area (Å²) < 4.78 is 5.37. The van der Waals surface area contributed by atoms with Crippen LogP contribution in [-0.4, -0.2) is 19.7 Å². The lowest BCUT2D eigenvalue weighted by molar-refractivity contribution is 0.340. The molecule has 0 fully saturated rings. The third-order valence-electron chi connectivity index (χ3n) is 2.14. The van der Waals surface area contributed by atoms with Crippen molar-refractivity contribution in [3.05, 3.63) is 28.8 Å². The van der Waals surface area contributed by atoms with Crippen LogP contribution < -0.4 is 10.1 Å². The summed E-state index contributed by atoms with van der Waals surface area (Å²) in [4.78, 5) is 0. The molecule has 0 bridgehead atoms. The number of nitrogens with one attached hydrogen (secondary N) is 1. The van der Waals surface area contributed by atoms with E-state index in [-0.39, 0.29) is 0 Å². The molecule has 0 aliphatic heterocycles. The van der Waals surface area contributed by atoms with Gasteiger partial charge in [-0.2, -0.15) is 0 Å². The van der Waals surface area contributed by atoms with Crippen LogP contribution in [0.25, 0.3) is 0 Å². The van der Waals surface area contributed by atoms with Crippen LogP contribution in [0.1, 0.15) is 19.4 Å². The van der Waals surface area contributed by atoms with Gasteiger partial charge in [-0.15, -0.1) is 0 Å². The first-order chi connectivity index (χ1) is 7.27. The minimum atomic E-state index is 0.649. The van der Waals surface area contributed by atoms with Crippen LogP contribution in [0, 0.1) is 0 Å². The lowest BCUT2D eigenvalue weighted by Gasteiger charge is -2.07. The topological polar surface area (TPSA) is 21.3 Å². The van der Waals surface area contributed by atoms with Gasteiger partial charge in [0.05, 0.1) is 11.6 Å². The molecule has 3 heteroatoms. The van der Waals surface area contributed by atoms with Crippen LogP contribution in [0.5, 0.6) is 5.75 Å². The number of benzene rings is 1. The maximum absolute atomic E-state index is 6.08. The van der Waals surface area contributed by atoms with Crippen molar-refractivity contribution in [2.75, 3.05) is 19.7 Å². The molecule has 2 nitrogen and oxygen atoms in total. The van der Waals surface area contributed by atoms with Crippen LogP contribution >= 0.6 is 11.6 Å². The maximum Gasteiger partial charge on any atom is 0.137 e. The summed E-state index contributed by atoms with van der Waals surface area (Å²) in [5.74, 6) is 0.770. The molecule has 0 aromatic heterocycles. The zero-order chi connectivity index (χ0) is 11.1. The number of hydrogen-bond acceptors (Lipinski definition) is 2. The Bertz CT molecular complexity index is 302. The minimum Gasteiger partial charge on any atom is -0.492 e. The Kier molecular flexibility index (Phi) is 5.51. The Balaban J connectivity index is 2.56. The first-order valence-corrected chi connectivity index (χ1v) is 5.77. The van der Waals surface area contributed by atoms with Crippen LogP contribution in [0.15, 0.2) is 18.2 Å². The fourth-order valence-electron chi connectivity index (χ4n) is 1.38. The Morgan fingerprint density at radius 1 is 1.33 bits per heavy atom. The maximum atomic E-state index is 6.08. The Hall–Kier alpha value is -0.730. The number of halogens is 1. The quantitative estimate of drug-likeness (QED) is 0.755. The smallest absolute Gasteiger partial charge is 0.137 e. The number of ether oxygens (including phenoxy) is 1. The SMILES string of the molecule is CCNCCc1ccc(OCC)c(Cl)c1. The molecule has 0 saturated heterocycles. The predicted octanol–water partition coefficient (Wildman–Crippen LogP) is 2.89. The van der Waals surface area contributed by atoms with Gasteiger partial charge in [0.1, 0.15) is 5.75 Å². The molecule has 84 valence electrons. The van der Waals surface area contributed by atoms with Crippen molar-refractivity contribution < 1.29 is 4.74 Å². The summed E-state index contributed by atoms with van der Waals surface area (Å²) in [5.41, 5.74) is 1.24. The average Bonchev–Trinajstić information content (AvgIpc) is 2.23. The lowest BCUT2D eigenvalue weighted by atomic mass is 10.1. The molecule has 0 heterocycles. The highest BCUT2D eigenvalue weighted by atomic mass is 35.5. The molecule has 0 unspecified atom stereocenters. The summed E-state index contributed by atoms with van der Waals surface area (Å²) in [6.07, 6.45) is 1.000. The number of likely N-dealkylation sites (N-methyl/N-ethyl adjacent to an activating group) is 1. The first-order valence-electron chi connectivity index (χ1n) is 5.39. The summed E-state index contributed by atoms with van der Waals surface area (Å²) in [5, 5.41) is 3.98. The van der Waals surface area contributed by atoms with Gasteiger partial charge >= 0.3 is 0 Å². The van der Waals surface area contributed by atoms with E-state index in [0.717, 1.165) is 25.3 Å². The molecule has 0 radical (unpaired) electrons. The summed E-state index contributed by atoms with van der Waals surface area (Å²) in [6.45, 7) is 6.70. The summed E-state index contributed by atoms with van der Waals surface area (Å²) >= 11 is 6.08. The fourth-order valence-corrected chi connectivity index (χ4v) is 1.64. The highest BCUT2D eigenvalue weighted by Crippen LogP contribution is 2.25. The van der Waals surface area contributed by atoms with Gasteiger partial charge in [0.2, 0.25) is 0 Å². The van der Waals surface area contributed by atoms with E-state index in [0.29, 0.717) is 11.6 Å². The van der Waals surface area contributed by atoms with Crippen LogP contribution in [0.4, 0.5) is 0 Å². The van der Waals surface area contributed by atoms with Gasteiger partial charge < -0.3 is 10.1 Å². The standard InChI is InChI=1S/C12H18ClNO/c1-3-14-8-7-10-5-6-12(15-4-2)11(13)9-10/h5-6,9,14H,3-4,7-8H2,1-2H3. The van der Waals surface area contributed by atoms with Crippen LogP contribution in [0.2, 0.25) is 5.02 Å². The molecular weight excluding hydrogens is 210 g/mol. The summed E-state index contributed by atoms with van der Waals surface area (Å²) in [7, 11) is 0. The monoisotopic (exact) mass is 227 g/mol. The van der Waals surface area contributed by atoms with Crippen molar-refractivity contribution in [3.8, 4) is 5.75 Å². The highest BCUT2D eigenvalue weighted by Gasteiger charge is 2.01. The zero-order valence-corrected chi connectivity index (χ0v) is 10.1. The minimum absolute atomic E-state index is 0.649. The predicted molar refractivity (Wildman–Crippen MR) is 64.9 cm³/mol. The van der Waals surface area contributed by atoms with Gasteiger partial charge in [-0.25, -0.2) is 0 Å². The first kappa shape index (κ1) is 12.3. The van der Waals surface area contributed by atoms with Crippen molar-refractivity contribution in [2.45, 2.75) is 20.3 Å². The van der Waals surface area contributed by atoms with E-state index in [2.05, 4.69) is 18.3 Å². The molecule has 0 aliphatic rings. The zero-order valence-electron chi connectivity index (χ0n) is 9.35. The molecule has 0 atom stereocenters. The van der Waals surface area contributed by atoms with Crippen molar-refractivity contribution in [2.24, 2.45) is 0 Å². The van der Waals surface area contributed by atoms with Crippen molar-refractivity contribution in [1.82, 2.24) is 5.32 Å². The average molecular weight is 228 g/mol. The molecule has 15 heavy (non-hydrogen) atoms. The lowest BCUT2D eigenvalue weighted by Crippen LogP contribution is -2.15. The number of rotatable bonds is 6. The summed E-state index contributed by atoms with van der Waals surface area (Å²) in [6, 6.07) is 5.98. The largest absolute Gasteiger partial charge is 0.492 e. The van der Waals surface area contributed by atoms with E-state index in [1.54, 1.807) is 0 Å². The Morgan fingerprint density at radius 2 is 2.13 bits per heavy atom. The van der Waals surface area contributed by atoms with Gasteiger partial charge in [0.25, 0.3) is 0 Å². The van der Waals surface area contributed by atoms with E-state index >= 15 is 0 Å². The van der Waals surface area contributed by atoms with Crippen molar-refractivity contribution >= 4 is 11.6 Å². The highest BCUT2D eigenvalue weighted by molar-refractivity contribution is 6.32. The van der Waals surface area contributed by atoms with E-state index in [4.69, 9.17) is 16.3 Å². The molecule has 0 spiro atoms. The third-order valence-corrected chi connectivity index (χ3v) is 2.43. The van der Waals surface area contributed by atoms with Crippen molar-refractivity contribution in [1.29, 1.82) is 0 Å². The van der Waals surface area contributed by atoms with E-state index < -0.39 is 0 Å². The van der Waals surface area contributed by atoms with Crippen LogP contribution in [-0.2, 0) is 6.42 Å². The molecule has 1 rings (SSSR count). The van der Waals surface area contributed by atoms with E-state index in [1.807, 2.05) is 19.1 Å². The van der Waals surface area contributed by atoms with Gasteiger partial charge in [-0.3, -0.25) is 0 Å². The second-order valence-corrected chi connectivity index (χ2v) is 3.71. The Morgan fingerprint density at radius 3 is 2.73 bits per heavy atom. The second-order valence-electron chi connectivity index (χ2n) is 3.30. The molecule has 1 N–H and O–H groups in total. The van der Waals surface area contributed by atoms with E-state index in [9.17, 15) is 0 Å². The molecule has 1 aromatic rings. The van der Waals surface area contributed by atoms with Gasteiger partial charge in [0.15, 0.2) is 0 Å². The van der Waals surface area contributed by atoms with Crippen molar-refractivity contribution in [3.63, 3.8) is 0 Å². The molecule has 0 amide bonds. The molecular formula is C12H18ClNO. The van der Waals surface area contributed by atoms with Gasteiger partial charge in [-0.05, 0) is 44.1 Å². The van der Waals surface area contributed by atoms with E-state index in [1.165, 1.54) is 5.56 Å². The molecule has 0 saturated carbocycles. The van der Waals surface area contributed by atoms with Gasteiger partial charge in [0, 0.05) is 0 Å².